The maximum atomic E-state index is 9.30. The molecule has 0 aliphatic carbocycles. The monoisotopic (exact) mass is 609 g/mol. The van der Waals surface area contributed by atoms with Crippen molar-refractivity contribution < 1.29 is 0 Å². The fraction of sp³-hybridized carbons (Fsp3) is 0.0500. The first-order valence-corrected chi connectivity index (χ1v) is 16.2. The van der Waals surface area contributed by atoms with Gasteiger partial charge in [-0.2, -0.15) is 5.26 Å². The van der Waals surface area contributed by atoms with E-state index in [0.29, 0.717) is 5.56 Å². The van der Waals surface area contributed by atoms with Crippen molar-refractivity contribution in [1.82, 2.24) is 15.2 Å². The average Bonchev–Trinajstić information content (AvgIpc) is 3.65. The van der Waals surface area contributed by atoms with Crippen molar-refractivity contribution in [2.75, 3.05) is 0 Å². The fourth-order valence-electron chi connectivity index (χ4n) is 6.67. The summed E-state index contributed by atoms with van der Waals surface area (Å²) in [6.07, 6.45) is -0.393. The van der Waals surface area contributed by atoms with Crippen LogP contribution in [0.4, 0.5) is 0 Å². The summed E-state index contributed by atoms with van der Waals surface area (Å²) < 4.78 is 5.02. The topological polar surface area (TPSA) is 65.1 Å². The van der Waals surface area contributed by atoms with Crippen LogP contribution in [0.3, 0.4) is 0 Å². The molecule has 2 aromatic heterocycles. The zero-order valence-corrected chi connectivity index (χ0v) is 25.5. The van der Waals surface area contributed by atoms with Crippen molar-refractivity contribution >= 4 is 59.2 Å². The number of fused-ring (bicyclic) bond motifs is 6. The molecule has 6 heteroatoms. The number of aromatic nitrogens is 1. The number of nitrogens with zero attached hydrogens (tertiary/aromatic N) is 3. The van der Waals surface area contributed by atoms with Crippen LogP contribution in [0.2, 0.25) is 0 Å². The van der Waals surface area contributed by atoms with E-state index in [2.05, 4.69) is 118 Å². The van der Waals surface area contributed by atoms with E-state index in [1.165, 1.54) is 42.0 Å². The molecule has 5 nitrogen and oxygen atoms in total. The van der Waals surface area contributed by atoms with Gasteiger partial charge < -0.3 is 9.88 Å². The van der Waals surface area contributed by atoms with Gasteiger partial charge in [0.2, 0.25) is 0 Å². The number of aliphatic imine (C=N–C) groups is 1. The number of hydrogen-bond donors (Lipinski definition) is 2. The van der Waals surface area contributed by atoms with E-state index in [1.54, 1.807) is 0 Å². The standard InChI is InChI=1S/C40H27N5S/c41-24-25-14-16-27(17-15-25)39-42-38(26-8-2-1-3-9-26)43-40(44-39)28-18-20-29(21-19-28)45-34-12-6-4-10-30(34)32-23-37-33(22-35(32)45)31-11-5-7-13-36(31)46-37/h1-23,38,40,43H,(H,42,44). The van der Waals surface area contributed by atoms with E-state index >= 15 is 0 Å². The Labute approximate surface area is 269 Å². The SMILES string of the molecule is N#Cc1ccc(C2=NC(c3ccccc3)NC(c3ccc(-n4c5ccccc5c5cc6sc7ccccc7c6cc54)cc3)N2)cc1. The normalized spacial score (nSPS) is 16.5. The van der Waals surface area contributed by atoms with Gasteiger partial charge in [0.05, 0.1) is 22.7 Å². The smallest absolute Gasteiger partial charge is 0.131 e. The molecular weight excluding hydrogens is 583 g/mol. The molecule has 0 fully saturated rings. The van der Waals surface area contributed by atoms with Crippen molar-refractivity contribution in [3.63, 3.8) is 0 Å². The Morgan fingerprint density at radius 3 is 2.17 bits per heavy atom. The highest BCUT2D eigenvalue weighted by molar-refractivity contribution is 7.25. The molecule has 3 heterocycles. The lowest BCUT2D eigenvalue weighted by atomic mass is 10.1. The summed E-state index contributed by atoms with van der Waals surface area (Å²) in [4.78, 5) is 5.03. The summed E-state index contributed by atoms with van der Waals surface area (Å²) in [5.41, 5.74) is 7.29. The van der Waals surface area contributed by atoms with Crippen LogP contribution in [0.15, 0.2) is 145 Å². The molecule has 8 aromatic rings. The zero-order valence-electron chi connectivity index (χ0n) is 24.7. The first kappa shape index (κ1) is 26.6. The van der Waals surface area contributed by atoms with Crippen molar-refractivity contribution in [3.8, 4) is 11.8 Å². The molecule has 1 aliphatic rings. The van der Waals surface area contributed by atoms with Crippen molar-refractivity contribution in [2.45, 2.75) is 12.3 Å². The Morgan fingerprint density at radius 2 is 1.37 bits per heavy atom. The maximum Gasteiger partial charge on any atom is 0.131 e. The first-order chi connectivity index (χ1) is 22.7. The van der Waals surface area contributed by atoms with Crippen LogP contribution in [0, 0.1) is 11.3 Å². The van der Waals surface area contributed by atoms with E-state index < -0.39 is 0 Å². The summed E-state index contributed by atoms with van der Waals surface area (Å²) in [6, 6.07) is 51.0. The summed E-state index contributed by atoms with van der Waals surface area (Å²) >= 11 is 1.86. The number of nitriles is 1. The van der Waals surface area contributed by atoms with Gasteiger partial charge in [0.1, 0.15) is 18.2 Å². The Balaban J connectivity index is 1.13. The van der Waals surface area contributed by atoms with Crippen molar-refractivity contribution in [1.29, 1.82) is 5.26 Å². The molecule has 0 bridgehead atoms. The number of thiophene rings is 1. The van der Waals surface area contributed by atoms with Crippen LogP contribution in [0.1, 0.15) is 34.6 Å². The highest BCUT2D eigenvalue weighted by Gasteiger charge is 2.25. The second-order valence-electron chi connectivity index (χ2n) is 11.6. The van der Waals surface area contributed by atoms with Gasteiger partial charge in [-0.15, -0.1) is 11.3 Å². The first-order valence-electron chi connectivity index (χ1n) is 15.3. The third kappa shape index (κ3) is 4.37. The molecule has 2 N–H and O–H groups in total. The molecule has 0 saturated heterocycles. The van der Waals surface area contributed by atoms with E-state index in [-0.39, 0.29) is 12.3 Å². The third-order valence-electron chi connectivity index (χ3n) is 8.92. The molecule has 218 valence electrons. The average molecular weight is 610 g/mol. The van der Waals surface area contributed by atoms with E-state index in [0.717, 1.165) is 28.2 Å². The molecule has 46 heavy (non-hydrogen) atoms. The summed E-state index contributed by atoms with van der Waals surface area (Å²) in [5, 5.41) is 21.7. The number of para-hydroxylation sites is 1. The number of rotatable bonds is 4. The van der Waals surface area contributed by atoms with Gasteiger partial charge in [-0.1, -0.05) is 78.9 Å². The molecule has 0 saturated carbocycles. The molecule has 9 rings (SSSR count). The zero-order chi connectivity index (χ0) is 30.6. The largest absolute Gasteiger partial charge is 0.350 e. The lowest BCUT2D eigenvalue weighted by Gasteiger charge is -2.32. The van der Waals surface area contributed by atoms with Gasteiger partial charge in [0, 0.05) is 42.2 Å². The van der Waals surface area contributed by atoms with Crippen LogP contribution < -0.4 is 10.6 Å². The second-order valence-corrected chi connectivity index (χ2v) is 12.7. The lowest BCUT2D eigenvalue weighted by Crippen LogP contribution is -2.44. The Morgan fingerprint density at radius 1 is 0.630 bits per heavy atom. The molecular formula is C40H27N5S. The van der Waals surface area contributed by atoms with Gasteiger partial charge in [0.25, 0.3) is 0 Å². The number of amidine groups is 1. The van der Waals surface area contributed by atoms with Crippen LogP contribution in [0.5, 0.6) is 0 Å². The van der Waals surface area contributed by atoms with Gasteiger partial charge >= 0.3 is 0 Å². The van der Waals surface area contributed by atoms with Gasteiger partial charge in [0.15, 0.2) is 0 Å². The minimum atomic E-state index is -0.224. The molecule has 0 amide bonds. The molecule has 2 unspecified atom stereocenters. The van der Waals surface area contributed by atoms with E-state index in [4.69, 9.17) is 4.99 Å². The Bertz CT molecular complexity index is 2480. The van der Waals surface area contributed by atoms with Crippen LogP contribution in [0.25, 0.3) is 47.7 Å². The highest BCUT2D eigenvalue weighted by Crippen LogP contribution is 2.40. The minimum Gasteiger partial charge on any atom is -0.350 e. The van der Waals surface area contributed by atoms with Crippen LogP contribution in [-0.2, 0) is 0 Å². The molecule has 1 aliphatic heterocycles. The summed E-state index contributed by atoms with van der Waals surface area (Å²) in [6.45, 7) is 0. The quantitative estimate of drug-likeness (QED) is 0.209. The summed E-state index contributed by atoms with van der Waals surface area (Å²) in [5.74, 6) is 0.792. The predicted octanol–water partition coefficient (Wildman–Crippen LogP) is 9.36. The van der Waals surface area contributed by atoms with Gasteiger partial charge in [-0.3, -0.25) is 5.32 Å². The van der Waals surface area contributed by atoms with Crippen molar-refractivity contribution in [3.05, 3.63) is 162 Å². The Hall–Kier alpha value is -5.74. The molecule has 2 atom stereocenters. The van der Waals surface area contributed by atoms with Gasteiger partial charge in [-0.25, -0.2) is 4.99 Å². The number of nitrogens with one attached hydrogen (secondary N) is 2. The second kappa shape index (κ2) is 10.7. The Kier molecular flexibility index (Phi) is 6.20. The minimum absolute atomic E-state index is 0.169. The molecule has 6 aromatic carbocycles. The molecule has 0 spiro atoms. The van der Waals surface area contributed by atoms with Crippen LogP contribution >= 0.6 is 11.3 Å². The van der Waals surface area contributed by atoms with E-state index in [1.807, 2.05) is 53.8 Å². The fourth-order valence-corrected chi connectivity index (χ4v) is 7.79. The summed E-state index contributed by atoms with van der Waals surface area (Å²) in [7, 11) is 0. The predicted molar refractivity (Wildman–Crippen MR) is 190 cm³/mol. The van der Waals surface area contributed by atoms with Crippen molar-refractivity contribution in [2.24, 2.45) is 4.99 Å². The molecule has 0 radical (unpaired) electrons. The van der Waals surface area contributed by atoms with Gasteiger partial charge in [-0.05, 0) is 71.8 Å². The van der Waals surface area contributed by atoms with Crippen LogP contribution in [-0.4, -0.2) is 10.4 Å². The maximum absolute atomic E-state index is 9.30. The highest BCUT2D eigenvalue weighted by atomic mass is 32.1. The number of hydrogen-bond acceptors (Lipinski definition) is 5. The van der Waals surface area contributed by atoms with E-state index in [9.17, 15) is 5.26 Å². The number of benzene rings is 6. The lowest BCUT2D eigenvalue weighted by molar-refractivity contribution is 0.409. The third-order valence-corrected chi connectivity index (χ3v) is 10.1.